The van der Waals surface area contributed by atoms with Gasteiger partial charge in [-0.15, -0.1) is 6.58 Å². The molecule has 1 aliphatic rings. The molecule has 0 fully saturated rings. The molecule has 0 aliphatic carbocycles. The first-order chi connectivity index (χ1) is 14.5. The summed E-state index contributed by atoms with van der Waals surface area (Å²) in [6.45, 7) is 10.7. The van der Waals surface area contributed by atoms with Gasteiger partial charge in [0.15, 0.2) is 5.65 Å². The van der Waals surface area contributed by atoms with Gasteiger partial charge in [-0.05, 0) is 26.3 Å². The van der Waals surface area contributed by atoms with Crippen molar-refractivity contribution in [2.75, 3.05) is 6.54 Å². The minimum Gasteiger partial charge on any atom is -0.469 e. The van der Waals surface area contributed by atoms with E-state index in [0.29, 0.717) is 25.2 Å². The van der Waals surface area contributed by atoms with Crippen LogP contribution >= 0.6 is 0 Å². The molecule has 5 rings (SSSR count). The van der Waals surface area contributed by atoms with E-state index in [1.54, 1.807) is 10.8 Å². The van der Waals surface area contributed by atoms with Crippen molar-refractivity contribution in [1.82, 2.24) is 29.3 Å². The second kappa shape index (κ2) is 7.14. The van der Waals surface area contributed by atoms with Crippen LogP contribution in [-0.4, -0.2) is 35.8 Å². The molecule has 1 N–H and O–H groups in total. The van der Waals surface area contributed by atoms with E-state index in [-0.39, 0.29) is 5.56 Å². The third kappa shape index (κ3) is 3.09. The van der Waals surface area contributed by atoms with Crippen LogP contribution in [0.15, 0.2) is 46.5 Å². The van der Waals surface area contributed by atoms with E-state index in [0.717, 1.165) is 47.1 Å². The number of H-pyrrole nitrogens is 1. The molecule has 0 saturated carbocycles. The van der Waals surface area contributed by atoms with Crippen molar-refractivity contribution < 1.29 is 4.42 Å². The summed E-state index contributed by atoms with van der Waals surface area (Å²) in [6.07, 6.45) is 6.24. The molecule has 1 aliphatic heterocycles. The fraction of sp³-hybridized carbons (Fsp3) is 0.318. The van der Waals surface area contributed by atoms with Gasteiger partial charge in [-0.1, -0.05) is 6.08 Å². The molecule has 0 saturated heterocycles. The van der Waals surface area contributed by atoms with Crippen LogP contribution in [0.3, 0.4) is 0 Å². The molecule has 4 aromatic rings. The number of aryl methyl sites for hydroxylation is 2. The van der Waals surface area contributed by atoms with E-state index >= 15 is 0 Å². The Bertz CT molecular complexity index is 1310. The highest BCUT2D eigenvalue weighted by Gasteiger charge is 2.23. The monoisotopic (exact) mass is 404 g/mol. The molecule has 4 aromatic heterocycles. The van der Waals surface area contributed by atoms with Crippen molar-refractivity contribution in [3.63, 3.8) is 0 Å². The number of aromatic nitrogens is 5. The Morgan fingerprint density at radius 1 is 1.37 bits per heavy atom. The highest BCUT2D eigenvalue weighted by Crippen LogP contribution is 2.24. The van der Waals surface area contributed by atoms with Crippen LogP contribution in [0.25, 0.3) is 16.9 Å². The molecular formula is C22H24N6O2. The maximum Gasteiger partial charge on any atom is 0.276 e. The van der Waals surface area contributed by atoms with Gasteiger partial charge >= 0.3 is 0 Å². The zero-order valence-electron chi connectivity index (χ0n) is 17.2. The zero-order valence-corrected chi connectivity index (χ0v) is 17.2. The summed E-state index contributed by atoms with van der Waals surface area (Å²) in [5, 5.41) is 7.72. The lowest BCUT2D eigenvalue weighted by atomic mass is 10.1. The predicted octanol–water partition coefficient (Wildman–Crippen LogP) is 2.84. The van der Waals surface area contributed by atoms with Gasteiger partial charge < -0.3 is 4.42 Å². The standard InChI is InChI=1S/C22H24N6O2/c1-4-7-27-12-16(14(2)24-27)11-26-8-5-18-20(13-26)23-21-10-19(25-28(21)22(18)29)17-6-9-30-15(17)3/h4,6,9-10,12,25H,1,5,7-8,11,13H2,2-3H3. The maximum absolute atomic E-state index is 13.1. The average molecular weight is 404 g/mol. The largest absolute Gasteiger partial charge is 0.469 e. The van der Waals surface area contributed by atoms with Gasteiger partial charge in [-0.2, -0.15) is 5.10 Å². The van der Waals surface area contributed by atoms with E-state index in [1.165, 1.54) is 5.56 Å². The van der Waals surface area contributed by atoms with Crippen LogP contribution in [0.2, 0.25) is 0 Å². The maximum atomic E-state index is 13.1. The minimum absolute atomic E-state index is 0.0166. The molecule has 8 heteroatoms. The third-order valence-corrected chi connectivity index (χ3v) is 5.75. The Morgan fingerprint density at radius 2 is 2.23 bits per heavy atom. The van der Waals surface area contributed by atoms with E-state index in [9.17, 15) is 4.79 Å². The Labute approximate surface area is 173 Å². The fourth-order valence-corrected chi connectivity index (χ4v) is 4.17. The number of furan rings is 1. The molecule has 8 nitrogen and oxygen atoms in total. The highest BCUT2D eigenvalue weighted by atomic mass is 16.3. The third-order valence-electron chi connectivity index (χ3n) is 5.75. The van der Waals surface area contributed by atoms with Gasteiger partial charge in [0, 0.05) is 48.6 Å². The number of fused-ring (bicyclic) bond motifs is 2. The number of hydrogen-bond donors (Lipinski definition) is 1. The normalized spacial score (nSPS) is 14.3. The van der Waals surface area contributed by atoms with E-state index in [4.69, 9.17) is 9.40 Å². The Morgan fingerprint density at radius 3 is 3.00 bits per heavy atom. The number of rotatable bonds is 5. The molecule has 0 radical (unpaired) electrons. The van der Waals surface area contributed by atoms with Crippen molar-refractivity contribution in [2.24, 2.45) is 0 Å². The average Bonchev–Trinajstić information content (AvgIpc) is 3.41. The van der Waals surface area contributed by atoms with E-state index in [2.05, 4.69) is 27.9 Å². The number of nitrogens with one attached hydrogen (secondary N) is 1. The molecule has 0 spiro atoms. The quantitative estimate of drug-likeness (QED) is 0.517. The Balaban J connectivity index is 1.45. The van der Waals surface area contributed by atoms with E-state index in [1.807, 2.05) is 36.7 Å². The Kier molecular flexibility index (Phi) is 4.43. The summed E-state index contributed by atoms with van der Waals surface area (Å²) >= 11 is 0. The van der Waals surface area contributed by atoms with Gasteiger partial charge in [0.1, 0.15) is 5.76 Å². The molecule has 0 unspecified atom stereocenters. The second-order valence-corrected chi connectivity index (χ2v) is 7.81. The van der Waals surface area contributed by atoms with Crippen molar-refractivity contribution in [3.05, 3.63) is 75.9 Å². The van der Waals surface area contributed by atoms with Crippen molar-refractivity contribution in [2.45, 2.75) is 39.9 Å². The molecule has 30 heavy (non-hydrogen) atoms. The summed E-state index contributed by atoms with van der Waals surface area (Å²) in [7, 11) is 0. The summed E-state index contributed by atoms with van der Waals surface area (Å²) in [5.41, 5.74) is 6.25. The van der Waals surface area contributed by atoms with Gasteiger partial charge in [0.05, 0.1) is 29.9 Å². The van der Waals surface area contributed by atoms with Gasteiger partial charge in [0.2, 0.25) is 0 Å². The molecule has 154 valence electrons. The molecule has 0 bridgehead atoms. The topological polar surface area (TPSA) is 84.4 Å². The van der Waals surface area contributed by atoms with Crippen LogP contribution < -0.4 is 5.56 Å². The van der Waals surface area contributed by atoms with Crippen LogP contribution in [0, 0.1) is 13.8 Å². The second-order valence-electron chi connectivity index (χ2n) is 7.81. The molecule has 0 amide bonds. The summed E-state index contributed by atoms with van der Waals surface area (Å²) in [4.78, 5) is 20.2. The zero-order chi connectivity index (χ0) is 20.8. The Hall–Kier alpha value is -3.39. The first kappa shape index (κ1) is 18.6. The van der Waals surface area contributed by atoms with Crippen LogP contribution in [0.4, 0.5) is 0 Å². The number of allylic oxidation sites excluding steroid dienone is 1. The number of nitrogens with zero attached hydrogens (tertiary/aromatic N) is 5. The van der Waals surface area contributed by atoms with E-state index < -0.39 is 0 Å². The lowest BCUT2D eigenvalue weighted by Crippen LogP contribution is -2.36. The van der Waals surface area contributed by atoms with Gasteiger partial charge in [-0.25, -0.2) is 9.50 Å². The van der Waals surface area contributed by atoms with Crippen LogP contribution in [-0.2, 0) is 26.1 Å². The number of hydrogen-bond acceptors (Lipinski definition) is 5. The van der Waals surface area contributed by atoms with Crippen molar-refractivity contribution in [1.29, 1.82) is 0 Å². The minimum atomic E-state index is -0.0166. The van der Waals surface area contributed by atoms with Crippen LogP contribution in [0.1, 0.15) is 28.3 Å². The van der Waals surface area contributed by atoms with Crippen molar-refractivity contribution >= 4 is 5.65 Å². The lowest BCUT2D eigenvalue weighted by Gasteiger charge is -2.27. The summed E-state index contributed by atoms with van der Waals surface area (Å²) in [5.74, 6) is 0.804. The lowest BCUT2D eigenvalue weighted by molar-refractivity contribution is 0.240. The van der Waals surface area contributed by atoms with Crippen LogP contribution in [0.5, 0.6) is 0 Å². The van der Waals surface area contributed by atoms with Gasteiger partial charge in [-0.3, -0.25) is 19.5 Å². The summed E-state index contributed by atoms with van der Waals surface area (Å²) in [6, 6.07) is 3.80. The fourth-order valence-electron chi connectivity index (χ4n) is 4.17. The molecule has 0 atom stereocenters. The predicted molar refractivity (Wildman–Crippen MR) is 113 cm³/mol. The molecule has 0 aromatic carbocycles. The molecule has 5 heterocycles. The SMILES string of the molecule is C=CCn1cc(CN2CCc3c(nc4cc(-c5ccoc5C)[nH]n4c3=O)C2)c(C)n1. The number of aromatic amines is 1. The smallest absolute Gasteiger partial charge is 0.276 e. The van der Waals surface area contributed by atoms with Gasteiger partial charge in [0.25, 0.3) is 5.56 Å². The first-order valence-electron chi connectivity index (χ1n) is 10.1. The summed E-state index contributed by atoms with van der Waals surface area (Å²) < 4.78 is 8.84. The molecular weight excluding hydrogens is 380 g/mol. The highest BCUT2D eigenvalue weighted by molar-refractivity contribution is 5.65. The van der Waals surface area contributed by atoms with Crippen molar-refractivity contribution in [3.8, 4) is 11.3 Å². The first-order valence-corrected chi connectivity index (χ1v) is 10.1.